The van der Waals surface area contributed by atoms with Crippen LogP contribution in [-0.4, -0.2) is 73.4 Å². The molecular formula is C23H36IN5O2. The molecule has 1 aromatic rings. The summed E-state index contributed by atoms with van der Waals surface area (Å²) in [5.41, 5.74) is 1.26. The van der Waals surface area contributed by atoms with Gasteiger partial charge in [0, 0.05) is 51.6 Å². The Labute approximate surface area is 203 Å². The third kappa shape index (κ3) is 8.31. The molecule has 0 radical (unpaired) electrons. The van der Waals surface area contributed by atoms with Gasteiger partial charge in [-0.05, 0) is 38.2 Å². The second kappa shape index (κ2) is 13.5. The van der Waals surface area contributed by atoms with Crippen LogP contribution in [0.4, 0.5) is 0 Å². The number of likely N-dealkylation sites (tertiary alicyclic amines) is 2. The Kier molecular flexibility index (Phi) is 11.1. The molecule has 0 bridgehead atoms. The largest absolute Gasteiger partial charge is 0.357 e. The summed E-state index contributed by atoms with van der Waals surface area (Å²) in [4.78, 5) is 33.1. The topological polar surface area (TPSA) is 77.0 Å². The molecule has 172 valence electrons. The third-order valence-corrected chi connectivity index (χ3v) is 5.79. The number of aliphatic imine (C=N–C) groups is 1. The lowest BCUT2D eigenvalue weighted by Crippen LogP contribution is -2.42. The van der Waals surface area contributed by atoms with Crippen molar-refractivity contribution in [2.45, 2.75) is 39.0 Å². The highest BCUT2D eigenvalue weighted by Crippen LogP contribution is 2.17. The second-order valence-corrected chi connectivity index (χ2v) is 8.16. The first-order valence-corrected chi connectivity index (χ1v) is 11.3. The molecule has 1 aromatic carbocycles. The van der Waals surface area contributed by atoms with Gasteiger partial charge in [-0.25, -0.2) is 4.99 Å². The Morgan fingerprint density at radius 3 is 2.58 bits per heavy atom. The number of guanidine groups is 1. The molecule has 1 atom stereocenters. The normalized spacial score (nSPS) is 19.2. The number of nitrogens with one attached hydrogen (secondary N) is 2. The molecule has 0 spiro atoms. The van der Waals surface area contributed by atoms with E-state index in [1.807, 2.05) is 34.9 Å². The molecule has 0 saturated carbocycles. The number of halogens is 1. The second-order valence-electron chi connectivity index (χ2n) is 8.16. The van der Waals surface area contributed by atoms with Gasteiger partial charge < -0.3 is 20.4 Å². The van der Waals surface area contributed by atoms with E-state index < -0.39 is 0 Å². The lowest BCUT2D eigenvalue weighted by molar-refractivity contribution is -0.130. The predicted molar refractivity (Wildman–Crippen MR) is 135 cm³/mol. The lowest BCUT2D eigenvalue weighted by atomic mass is 10.1. The average Bonchev–Trinajstić information content (AvgIpc) is 3.14. The maximum Gasteiger partial charge on any atom is 0.244 e. The molecular weight excluding hydrogens is 505 g/mol. The Balaban J connectivity index is 0.00000341. The first-order valence-electron chi connectivity index (χ1n) is 11.3. The Morgan fingerprint density at radius 1 is 1.13 bits per heavy atom. The van der Waals surface area contributed by atoms with E-state index in [0.717, 1.165) is 52.0 Å². The molecule has 2 N–H and O–H groups in total. The molecule has 0 aromatic heterocycles. The standard InChI is InChI=1S/C23H35N5O2.HI/c1-2-24-23(26-17-22(30)27-12-7-4-8-13-27)25-16-20-15-21(29)28(18-20)14-11-19-9-5-3-6-10-19;/h3,5-6,9-10,20H,2,4,7-8,11-18H2,1H3,(H2,24,25,26);1H. The molecule has 0 aliphatic carbocycles. The van der Waals surface area contributed by atoms with Crippen LogP contribution in [0.25, 0.3) is 0 Å². The minimum absolute atomic E-state index is 0. The summed E-state index contributed by atoms with van der Waals surface area (Å²) in [6, 6.07) is 10.3. The highest BCUT2D eigenvalue weighted by Gasteiger charge is 2.29. The van der Waals surface area contributed by atoms with E-state index in [9.17, 15) is 9.59 Å². The number of rotatable bonds is 8. The SMILES string of the molecule is CCNC(=NCC(=O)N1CCCCC1)NCC1CC(=O)N(CCc2ccccc2)C1.I. The van der Waals surface area contributed by atoms with Gasteiger partial charge in [0.05, 0.1) is 0 Å². The summed E-state index contributed by atoms with van der Waals surface area (Å²) in [6.45, 7) is 6.81. The number of hydrogen-bond donors (Lipinski definition) is 2. The van der Waals surface area contributed by atoms with Crippen molar-refractivity contribution in [3.05, 3.63) is 35.9 Å². The van der Waals surface area contributed by atoms with Gasteiger partial charge in [0.25, 0.3) is 0 Å². The molecule has 31 heavy (non-hydrogen) atoms. The van der Waals surface area contributed by atoms with Crippen molar-refractivity contribution in [1.82, 2.24) is 20.4 Å². The number of hydrogen-bond acceptors (Lipinski definition) is 3. The molecule has 3 rings (SSSR count). The van der Waals surface area contributed by atoms with Gasteiger partial charge in [0.2, 0.25) is 11.8 Å². The number of carbonyl (C=O) groups is 2. The quantitative estimate of drug-likeness (QED) is 0.301. The van der Waals surface area contributed by atoms with Crippen LogP contribution >= 0.6 is 24.0 Å². The van der Waals surface area contributed by atoms with E-state index in [4.69, 9.17) is 0 Å². The minimum atomic E-state index is 0. The van der Waals surface area contributed by atoms with E-state index in [-0.39, 0.29) is 48.3 Å². The van der Waals surface area contributed by atoms with Crippen molar-refractivity contribution in [3.8, 4) is 0 Å². The van der Waals surface area contributed by atoms with Gasteiger partial charge >= 0.3 is 0 Å². The Bertz CT molecular complexity index is 722. The summed E-state index contributed by atoms with van der Waals surface area (Å²) in [5.74, 6) is 1.22. The van der Waals surface area contributed by atoms with E-state index in [0.29, 0.717) is 18.9 Å². The summed E-state index contributed by atoms with van der Waals surface area (Å²) < 4.78 is 0. The predicted octanol–water partition coefficient (Wildman–Crippen LogP) is 2.26. The molecule has 2 amide bonds. The lowest BCUT2D eigenvalue weighted by Gasteiger charge is -2.26. The fraction of sp³-hybridized carbons (Fsp3) is 0.609. The Hall–Kier alpha value is -1.84. The first kappa shape index (κ1) is 25.4. The summed E-state index contributed by atoms with van der Waals surface area (Å²) in [5, 5.41) is 6.53. The third-order valence-electron chi connectivity index (χ3n) is 5.79. The minimum Gasteiger partial charge on any atom is -0.357 e. The summed E-state index contributed by atoms with van der Waals surface area (Å²) in [6.07, 6.45) is 4.83. The highest BCUT2D eigenvalue weighted by molar-refractivity contribution is 14.0. The number of benzene rings is 1. The molecule has 1 unspecified atom stereocenters. The van der Waals surface area contributed by atoms with Gasteiger partial charge in [0.1, 0.15) is 6.54 Å². The van der Waals surface area contributed by atoms with Crippen LogP contribution in [0.1, 0.15) is 38.2 Å². The molecule has 7 nitrogen and oxygen atoms in total. The van der Waals surface area contributed by atoms with Crippen molar-refractivity contribution < 1.29 is 9.59 Å². The van der Waals surface area contributed by atoms with E-state index >= 15 is 0 Å². The summed E-state index contributed by atoms with van der Waals surface area (Å²) >= 11 is 0. The highest BCUT2D eigenvalue weighted by atomic mass is 127. The van der Waals surface area contributed by atoms with E-state index in [1.54, 1.807) is 0 Å². The summed E-state index contributed by atoms with van der Waals surface area (Å²) in [7, 11) is 0. The molecule has 2 heterocycles. The van der Waals surface area contributed by atoms with Gasteiger partial charge in [0.15, 0.2) is 5.96 Å². The number of carbonyl (C=O) groups excluding carboxylic acids is 2. The fourth-order valence-corrected chi connectivity index (χ4v) is 4.09. The molecule has 2 aliphatic rings. The van der Waals surface area contributed by atoms with Gasteiger partial charge in [-0.15, -0.1) is 24.0 Å². The van der Waals surface area contributed by atoms with E-state index in [1.165, 1.54) is 12.0 Å². The van der Waals surface area contributed by atoms with Crippen LogP contribution in [0.2, 0.25) is 0 Å². The number of piperidine rings is 1. The smallest absolute Gasteiger partial charge is 0.244 e. The monoisotopic (exact) mass is 541 g/mol. The maximum absolute atomic E-state index is 12.4. The van der Waals surface area contributed by atoms with Crippen LogP contribution in [0.15, 0.2) is 35.3 Å². The van der Waals surface area contributed by atoms with Crippen LogP contribution in [0.5, 0.6) is 0 Å². The van der Waals surface area contributed by atoms with Gasteiger partial charge in [-0.1, -0.05) is 30.3 Å². The number of amides is 2. The zero-order chi connectivity index (χ0) is 21.2. The molecule has 2 aliphatic heterocycles. The maximum atomic E-state index is 12.4. The van der Waals surface area contributed by atoms with Crippen molar-refractivity contribution in [3.63, 3.8) is 0 Å². The molecule has 2 fully saturated rings. The number of nitrogens with zero attached hydrogens (tertiary/aromatic N) is 3. The van der Waals surface area contributed by atoms with Crippen molar-refractivity contribution in [2.24, 2.45) is 10.9 Å². The molecule has 8 heteroatoms. The van der Waals surface area contributed by atoms with Crippen molar-refractivity contribution in [1.29, 1.82) is 0 Å². The van der Waals surface area contributed by atoms with Gasteiger partial charge in [-0.2, -0.15) is 0 Å². The van der Waals surface area contributed by atoms with Crippen LogP contribution in [0.3, 0.4) is 0 Å². The fourth-order valence-electron chi connectivity index (χ4n) is 4.09. The first-order chi connectivity index (χ1) is 14.7. The Morgan fingerprint density at radius 2 is 1.87 bits per heavy atom. The zero-order valence-corrected chi connectivity index (χ0v) is 20.8. The van der Waals surface area contributed by atoms with Crippen LogP contribution < -0.4 is 10.6 Å². The van der Waals surface area contributed by atoms with Crippen LogP contribution in [-0.2, 0) is 16.0 Å². The van der Waals surface area contributed by atoms with Crippen LogP contribution in [0, 0.1) is 5.92 Å². The zero-order valence-electron chi connectivity index (χ0n) is 18.5. The van der Waals surface area contributed by atoms with E-state index in [2.05, 4.69) is 27.8 Å². The van der Waals surface area contributed by atoms with Gasteiger partial charge in [-0.3, -0.25) is 9.59 Å². The molecule has 2 saturated heterocycles. The van der Waals surface area contributed by atoms with Crippen molar-refractivity contribution >= 4 is 41.8 Å². The van der Waals surface area contributed by atoms with Crippen molar-refractivity contribution in [2.75, 3.05) is 45.8 Å². The average molecular weight is 541 g/mol.